The second kappa shape index (κ2) is 4.61. The maximum Gasteiger partial charge on any atom is 0.316 e. The van der Waals surface area contributed by atoms with Crippen molar-refractivity contribution in [2.24, 2.45) is 0 Å². The zero-order valence-corrected chi connectivity index (χ0v) is 11.1. The van der Waals surface area contributed by atoms with Crippen LogP contribution in [0.1, 0.15) is 45.3 Å². The number of hydrogen-bond donors (Lipinski definition) is 0. The summed E-state index contributed by atoms with van der Waals surface area (Å²) >= 11 is 0. The molecule has 94 valence electrons. The minimum atomic E-state index is 0.180. The van der Waals surface area contributed by atoms with E-state index in [1.165, 1.54) is 6.42 Å². The van der Waals surface area contributed by atoms with Crippen LogP contribution in [0.15, 0.2) is 12.3 Å². The molecule has 2 heterocycles. The lowest BCUT2D eigenvalue weighted by Crippen LogP contribution is -2.40. The van der Waals surface area contributed by atoms with Crippen LogP contribution in [0.2, 0.25) is 0 Å². The highest BCUT2D eigenvalue weighted by Gasteiger charge is 2.34. The summed E-state index contributed by atoms with van der Waals surface area (Å²) < 4.78 is 5.09. The molecule has 0 spiro atoms. The van der Waals surface area contributed by atoms with Crippen LogP contribution in [0.3, 0.4) is 0 Å². The first kappa shape index (κ1) is 12.3. The summed E-state index contributed by atoms with van der Waals surface area (Å²) in [6.07, 6.45) is 4.17. The van der Waals surface area contributed by atoms with Gasteiger partial charge in [-0.15, -0.1) is 0 Å². The number of rotatable bonds is 2. The zero-order chi connectivity index (χ0) is 12.5. The highest BCUT2D eigenvalue weighted by molar-refractivity contribution is 5.12. The Morgan fingerprint density at radius 1 is 1.41 bits per heavy atom. The van der Waals surface area contributed by atoms with Gasteiger partial charge in [-0.3, -0.25) is 4.90 Å². The molecule has 0 saturated carbocycles. The van der Waals surface area contributed by atoms with Crippen LogP contribution in [-0.4, -0.2) is 34.1 Å². The highest BCUT2D eigenvalue weighted by atomic mass is 16.5. The summed E-state index contributed by atoms with van der Waals surface area (Å²) in [5.41, 5.74) is 1.25. The second-order valence-corrected chi connectivity index (χ2v) is 5.49. The van der Waals surface area contributed by atoms with Gasteiger partial charge in [-0.25, -0.2) is 4.98 Å². The minimum Gasteiger partial charge on any atom is -0.467 e. The van der Waals surface area contributed by atoms with Crippen molar-refractivity contribution in [1.82, 2.24) is 14.9 Å². The van der Waals surface area contributed by atoms with Gasteiger partial charge in [0.1, 0.15) is 0 Å². The van der Waals surface area contributed by atoms with E-state index in [-0.39, 0.29) is 5.54 Å². The number of hydrogen-bond acceptors (Lipinski definition) is 4. The normalized spacial score (nSPS) is 21.8. The fraction of sp³-hybridized carbons (Fsp3) is 0.692. The number of nitrogens with zero attached hydrogens (tertiary/aromatic N) is 3. The lowest BCUT2D eigenvalue weighted by molar-refractivity contribution is 0.119. The Kier molecular flexibility index (Phi) is 3.33. The molecule has 4 nitrogen and oxygen atoms in total. The number of ether oxygens (including phenoxy) is 1. The van der Waals surface area contributed by atoms with E-state index in [2.05, 4.69) is 35.6 Å². The van der Waals surface area contributed by atoms with E-state index in [0.29, 0.717) is 12.1 Å². The molecule has 2 rings (SSSR count). The summed E-state index contributed by atoms with van der Waals surface area (Å²) in [6, 6.07) is 2.85. The van der Waals surface area contributed by atoms with Crippen molar-refractivity contribution in [3.05, 3.63) is 18.0 Å². The van der Waals surface area contributed by atoms with Gasteiger partial charge in [0, 0.05) is 11.7 Å². The van der Waals surface area contributed by atoms with Crippen molar-refractivity contribution in [3.8, 4) is 6.01 Å². The molecule has 4 heteroatoms. The molecule has 1 aliphatic rings. The molecule has 0 bridgehead atoms. The maximum atomic E-state index is 5.09. The Morgan fingerprint density at radius 2 is 2.18 bits per heavy atom. The Morgan fingerprint density at radius 3 is 2.82 bits per heavy atom. The smallest absolute Gasteiger partial charge is 0.316 e. The molecule has 1 aromatic rings. The van der Waals surface area contributed by atoms with Crippen LogP contribution in [0, 0.1) is 0 Å². The zero-order valence-electron chi connectivity index (χ0n) is 11.1. The second-order valence-electron chi connectivity index (χ2n) is 5.49. The molecular weight excluding hydrogens is 214 g/mol. The monoisotopic (exact) mass is 235 g/mol. The van der Waals surface area contributed by atoms with E-state index >= 15 is 0 Å². The summed E-state index contributed by atoms with van der Waals surface area (Å²) in [6.45, 7) is 7.90. The average molecular weight is 235 g/mol. The van der Waals surface area contributed by atoms with Crippen molar-refractivity contribution in [3.63, 3.8) is 0 Å². The van der Waals surface area contributed by atoms with Crippen LogP contribution in [-0.2, 0) is 0 Å². The Labute approximate surface area is 103 Å². The molecule has 1 fully saturated rings. The summed E-state index contributed by atoms with van der Waals surface area (Å²) in [5, 5.41) is 0. The van der Waals surface area contributed by atoms with E-state index in [1.807, 2.05) is 6.07 Å². The molecule has 1 saturated heterocycles. The van der Waals surface area contributed by atoms with Gasteiger partial charge < -0.3 is 4.74 Å². The fourth-order valence-electron chi connectivity index (χ4n) is 2.52. The van der Waals surface area contributed by atoms with Gasteiger partial charge in [-0.05, 0) is 46.2 Å². The molecule has 1 aromatic heterocycles. The SMILES string of the molecule is COc1nccc(C2CCCN2C(C)(C)C)n1. The van der Waals surface area contributed by atoms with Crippen LogP contribution >= 0.6 is 0 Å². The molecule has 0 amide bonds. The third-order valence-corrected chi connectivity index (χ3v) is 3.29. The topological polar surface area (TPSA) is 38.2 Å². The number of likely N-dealkylation sites (tertiary alicyclic amines) is 1. The molecule has 1 unspecified atom stereocenters. The molecule has 0 aliphatic carbocycles. The van der Waals surface area contributed by atoms with E-state index < -0.39 is 0 Å². The average Bonchev–Trinajstić information content (AvgIpc) is 2.77. The number of aromatic nitrogens is 2. The van der Waals surface area contributed by atoms with Crippen molar-refractivity contribution in [2.75, 3.05) is 13.7 Å². The van der Waals surface area contributed by atoms with Gasteiger partial charge in [0.15, 0.2) is 0 Å². The van der Waals surface area contributed by atoms with Crippen molar-refractivity contribution in [2.45, 2.75) is 45.2 Å². The van der Waals surface area contributed by atoms with E-state index in [0.717, 1.165) is 18.7 Å². The van der Waals surface area contributed by atoms with Crippen LogP contribution in [0.4, 0.5) is 0 Å². The Hall–Kier alpha value is -1.16. The van der Waals surface area contributed by atoms with Crippen LogP contribution in [0.5, 0.6) is 6.01 Å². The molecule has 17 heavy (non-hydrogen) atoms. The van der Waals surface area contributed by atoms with Crippen LogP contribution in [0.25, 0.3) is 0 Å². The maximum absolute atomic E-state index is 5.09. The molecular formula is C13H21N3O. The summed E-state index contributed by atoms with van der Waals surface area (Å²) in [7, 11) is 1.61. The quantitative estimate of drug-likeness (QED) is 0.789. The first-order valence-corrected chi connectivity index (χ1v) is 6.16. The molecule has 0 aromatic carbocycles. The first-order valence-electron chi connectivity index (χ1n) is 6.16. The lowest BCUT2D eigenvalue weighted by atomic mass is 10.0. The van der Waals surface area contributed by atoms with Crippen molar-refractivity contribution < 1.29 is 4.74 Å². The predicted molar refractivity (Wildman–Crippen MR) is 67.0 cm³/mol. The van der Waals surface area contributed by atoms with Crippen molar-refractivity contribution in [1.29, 1.82) is 0 Å². The third kappa shape index (κ3) is 2.57. The summed E-state index contributed by atoms with van der Waals surface area (Å²) in [4.78, 5) is 11.0. The largest absolute Gasteiger partial charge is 0.467 e. The number of methoxy groups -OCH3 is 1. The van der Waals surface area contributed by atoms with Gasteiger partial charge in [0.2, 0.25) is 0 Å². The standard InChI is InChI=1S/C13H21N3O/c1-13(2,3)16-9-5-6-11(16)10-7-8-14-12(15-10)17-4/h7-8,11H,5-6,9H2,1-4H3. The third-order valence-electron chi connectivity index (χ3n) is 3.29. The lowest BCUT2D eigenvalue weighted by Gasteiger charge is -2.36. The molecule has 0 N–H and O–H groups in total. The van der Waals surface area contributed by atoms with Gasteiger partial charge in [-0.2, -0.15) is 4.98 Å². The highest BCUT2D eigenvalue weighted by Crippen LogP contribution is 2.36. The first-order chi connectivity index (χ1) is 8.02. The minimum absolute atomic E-state index is 0.180. The van der Waals surface area contributed by atoms with Gasteiger partial charge in [0.25, 0.3) is 0 Å². The Balaban J connectivity index is 2.26. The predicted octanol–water partition coefficient (Wildman–Crippen LogP) is 2.42. The van der Waals surface area contributed by atoms with Crippen LogP contribution < -0.4 is 4.74 Å². The summed E-state index contributed by atoms with van der Waals surface area (Å²) in [5.74, 6) is 0. The van der Waals surface area contributed by atoms with Crippen molar-refractivity contribution >= 4 is 0 Å². The molecule has 1 aliphatic heterocycles. The van der Waals surface area contributed by atoms with E-state index in [9.17, 15) is 0 Å². The molecule has 0 radical (unpaired) electrons. The fourth-order valence-corrected chi connectivity index (χ4v) is 2.52. The Bertz CT molecular complexity index is 386. The molecule has 1 atom stereocenters. The van der Waals surface area contributed by atoms with Gasteiger partial charge in [-0.1, -0.05) is 0 Å². The van der Waals surface area contributed by atoms with E-state index in [4.69, 9.17) is 4.74 Å². The van der Waals surface area contributed by atoms with Gasteiger partial charge in [0.05, 0.1) is 18.8 Å². The van der Waals surface area contributed by atoms with Gasteiger partial charge >= 0.3 is 6.01 Å². The van der Waals surface area contributed by atoms with E-state index in [1.54, 1.807) is 13.3 Å².